The molecule has 2 amide bonds. The minimum atomic E-state index is -0.635. The van der Waals surface area contributed by atoms with E-state index in [1.807, 2.05) is 0 Å². The minimum Gasteiger partial charge on any atom is -0.459 e. The highest BCUT2D eigenvalue weighted by Gasteiger charge is 2.24. The van der Waals surface area contributed by atoms with Gasteiger partial charge in [0.2, 0.25) is 0 Å². The van der Waals surface area contributed by atoms with Crippen LogP contribution in [0.25, 0.3) is 10.9 Å². The molecule has 0 aliphatic heterocycles. The summed E-state index contributed by atoms with van der Waals surface area (Å²) in [5, 5.41) is 6.36. The summed E-state index contributed by atoms with van der Waals surface area (Å²) in [5.41, 5.74) is 2.01. The standard InChI is InChI=1S/C26H27N5O4/c1-16(32)21-13-31(14-24(33)35-26(2,3)4)23-9-18(6-5-17-11-27-15-28-12-17)22(10-20(21)23)30-25(34)29-19-7-8-19/h9-13,15,19H,7-8,14H2,1-4H3,(H2,29,30,34). The molecule has 3 aromatic rings. The van der Waals surface area contributed by atoms with E-state index < -0.39 is 11.6 Å². The van der Waals surface area contributed by atoms with Crippen molar-refractivity contribution in [2.24, 2.45) is 0 Å². The monoisotopic (exact) mass is 473 g/mol. The van der Waals surface area contributed by atoms with Gasteiger partial charge in [-0.1, -0.05) is 11.8 Å². The van der Waals surface area contributed by atoms with Crippen molar-refractivity contribution >= 4 is 34.4 Å². The largest absolute Gasteiger partial charge is 0.459 e. The second-order valence-electron chi connectivity index (χ2n) is 9.48. The molecule has 9 heteroatoms. The van der Waals surface area contributed by atoms with Crippen LogP contribution in [0.5, 0.6) is 0 Å². The lowest BCUT2D eigenvalue weighted by Gasteiger charge is -2.19. The predicted molar refractivity (Wildman–Crippen MR) is 131 cm³/mol. The molecule has 0 unspecified atom stereocenters. The summed E-state index contributed by atoms with van der Waals surface area (Å²) in [5.74, 6) is 5.48. The number of nitrogens with zero attached hydrogens (tertiary/aromatic N) is 3. The number of ether oxygens (including phenoxy) is 1. The second-order valence-corrected chi connectivity index (χ2v) is 9.48. The van der Waals surface area contributed by atoms with Gasteiger partial charge in [0.25, 0.3) is 0 Å². The number of rotatable bonds is 5. The molecule has 0 saturated heterocycles. The van der Waals surface area contributed by atoms with Crippen molar-refractivity contribution in [2.45, 2.75) is 58.7 Å². The van der Waals surface area contributed by atoms with Gasteiger partial charge in [-0.3, -0.25) is 9.59 Å². The lowest BCUT2D eigenvalue weighted by atomic mass is 10.1. The van der Waals surface area contributed by atoms with Gasteiger partial charge in [0.05, 0.1) is 22.3 Å². The molecule has 1 aliphatic carbocycles. The summed E-state index contributed by atoms with van der Waals surface area (Å²) >= 11 is 0. The number of esters is 1. The number of urea groups is 1. The SMILES string of the molecule is CC(=O)c1cn(CC(=O)OC(C)(C)C)c2cc(C#Cc3cncnc3)c(NC(=O)NC3CC3)cc12. The van der Waals surface area contributed by atoms with Crippen LogP contribution in [0.15, 0.2) is 37.1 Å². The predicted octanol–water partition coefficient (Wildman–Crippen LogP) is 3.66. The first-order valence-electron chi connectivity index (χ1n) is 11.3. The third kappa shape index (κ3) is 6.23. The fourth-order valence-corrected chi connectivity index (χ4v) is 3.54. The number of benzene rings is 1. The van der Waals surface area contributed by atoms with E-state index in [9.17, 15) is 14.4 Å². The van der Waals surface area contributed by atoms with Crippen LogP contribution in [0.3, 0.4) is 0 Å². The van der Waals surface area contributed by atoms with Crippen LogP contribution in [0, 0.1) is 11.8 Å². The van der Waals surface area contributed by atoms with Gasteiger partial charge >= 0.3 is 12.0 Å². The summed E-state index contributed by atoms with van der Waals surface area (Å²) in [6.45, 7) is 6.78. The second kappa shape index (κ2) is 9.58. The smallest absolute Gasteiger partial charge is 0.326 e. The fraction of sp³-hybridized carbons (Fsp3) is 0.346. The molecule has 0 radical (unpaired) electrons. The molecular formula is C26H27N5O4. The first-order chi connectivity index (χ1) is 16.6. The zero-order valence-corrected chi connectivity index (χ0v) is 20.1. The van der Waals surface area contributed by atoms with Gasteiger partial charge in [0, 0.05) is 35.6 Å². The van der Waals surface area contributed by atoms with Gasteiger partial charge in [-0.15, -0.1) is 0 Å². The number of carbonyl (C=O) groups is 3. The molecule has 2 heterocycles. The Morgan fingerprint density at radius 2 is 1.86 bits per heavy atom. The zero-order chi connectivity index (χ0) is 25.2. The summed E-state index contributed by atoms with van der Waals surface area (Å²) in [7, 11) is 0. The molecule has 0 bridgehead atoms. The summed E-state index contributed by atoms with van der Waals surface area (Å²) in [4.78, 5) is 45.4. The van der Waals surface area contributed by atoms with Crippen LogP contribution >= 0.6 is 0 Å². The number of Topliss-reactive ketones (excluding diaryl/α,β-unsaturated/α-hetero) is 1. The molecule has 0 atom stereocenters. The van der Waals surface area contributed by atoms with E-state index >= 15 is 0 Å². The Hall–Kier alpha value is -4.19. The molecule has 1 aliphatic rings. The maximum Gasteiger partial charge on any atom is 0.326 e. The van der Waals surface area contributed by atoms with Crippen LogP contribution < -0.4 is 10.6 Å². The van der Waals surface area contributed by atoms with E-state index in [0.29, 0.717) is 33.3 Å². The maximum absolute atomic E-state index is 12.5. The van der Waals surface area contributed by atoms with Gasteiger partial charge in [0.1, 0.15) is 18.5 Å². The van der Waals surface area contributed by atoms with Gasteiger partial charge in [-0.25, -0.2) is 14.8 Å². The van der Waals surface area contributed by atoms with Crippen molar-refractivity contribution in [3.05, 3.63) is 53.7 Å². The molecule has 1 fully saturated rings. The van der Waals surface area contributed by atoms with Crippen LogP contribution in [0.1, 0.15) is 62.0 Å². The first-order valence-corrected chi connectivity index (χ1v) is 11.3. The van der Waals surface area contributed by atoms with Crippen molar-refractivity contribution in [3.63, 3.8) is 0 Å². The third-order valence-electron chi connectivity index (χ3n) is 5.18. The van der Waals surface area contributed by atoms with Crippen LogP contribution in [-0.4, -0.2) is 44.0 Å². The Kier molecular flexibility index (Phi) is 6.56. The highest BCUT2D eigenvalue weighted by atomic mass is 16.6. The Morgan fingerprint density at radius 1 is 1.14 bits per heavy atom. The number of ketones is 1. The van der Waals surface area contributed by atoms with Gasteiger partial charge in [0.15, 0.2) is 5.78 Å². The van der Waals surface area contributed by atoms with Crippen LogP contribution in [0.4, 0.5) is 10.5 Å². The van der Waals surface area contributed by atoms with Gasteiger partial charge < -0.3 is 19.9 Å². The first kappa shape index (κ1) is 24.0. The topological polar surface area (TPSA) is 115 Å². The number of fused-ring (bicyclic) bond motifs is 1. The molecule has 0 spiro atoms. The normalized spacial score (nSPS) is 13.0. The van der Waals surface area contributed by atoms with Gasteiger partial charge in [-0.2, -0.15) is 0 Å². The lowest BCUT2D eigenvalue weighted by Crippen LogP contribution is -2.30. The molecule has 35 heavy (non-hydrogen) atoms. The molecule has 4 rings (SSSR count). The molecule has 1 aromatic carbocycles. The number of hydrogen-bond donors (Lipinski definition) is 2. The quantitative estimate of drug-likeness (QED) is 0.332. The summed E-state index contributed by atoms with van der Waals surface area (Å²) in [6, 6.07) is 3.32. The Bertz CT molecular complexity index is 1360. The van der Waals surface area contributed by atoms with E-state index in [1.54, 1.807) is 56.1 Å². The van der Waals surface area contributed by atoms with Gasteiger partial charge in [-0.05, 0) is 52.7 Å². The van der Waals surface area contributed by atoms with E-state index in [1.165, 1.54) is 13.3 Å². The van der Waals surface area contributed by atoms with Crippen molar-refractivity contribution in [1.29, 1.82) is 0 Å². The van der Waals surface area contributed by atoms with Crippen molar-refractivity contribution in [3.8, 4) is 11.8 Å². The van der Waals surface area contributed by atoms with Crippen LogP contribution in [0.2, 0.25) is 0 Å². The van der Waals surface area contributed by atoms with E-state index in [2.05, 4.69) is 32.4 Å². The van der Waals surface area contributed by atoms with E-state index in [0.717, 1.165) is 12.8 Å². The molecule has 2 N–H and O–H groups in total. The van der Waals surface area contributed by atoms with E-state index in [-0.39, 0.29) is 24.4 Å². The van der Waals surface area contributed by atoms with Crippen LogP contribution in [-0.2, 0) is 16.1 Å². The molecule has 2 aromatic heterocycles. The number of hydrogen-bond acceptors (Lipinski definition) is 6. The molecule has 1 saturated carbocycles. The average molecular weight is 474 g/mol. The number of carbonyl (C=O) groups excluding carboxylic acids is 3. The highest BCUT2D eigenvalue weighted by molar-refractivity contribution is 6.09. The highest BCUT2D eigenvalue weighted by Crippen LogP contribution is 2.29. The Labute approximate surface area is 203 Å². The van der Waals surface area contributed by atoms with Crippen molar-refractivity contribution in [2.75, 3.05) is 5.32 Å². The minimum absolute atomic E-state index is 0.0740. The number of nitrogens with one attached hydrogen (secondary N) is 2. The molecular weight excluding hydrogens is 446 g/mol. The molecule has 9 nitrogen and oxygen atoms in total. The maximum atomic E-state index is 12.5. The van der Waals surface area contributed by atoms with Crippen molar-refractivity contribution < 1.29 is 19.1 Å². The third-order valence-corrected chi connectivity index (χ3v) is 5.18. The van der Waals surface area contributed by atoms with E-state index in [4.69, 9.17) is 4.74 Å². The average Bonchev–Trinajstić information content (AvgIpc) is 3.51. The summed E-state index contributed by atoms with van der Waals surface area (Å²) < 4.78 is 7.13. The number of aromatic nitrogens is 3. The number of amides is 2. The van der Waals surface area contributed by atoms with Crippen molar-refractivity contribution in [1.82, 2.24) is 19.9 Å². The molecule has 180 valence electrons. The Balaban J connectivity index is 1.79. The fourth-order valence-electron chi connectivity index (χ4n) is 3.54. The lowest BCUT2D eigenvalue weighted by molar-refractivity contribution is -0.155. The summed E-state index contributed by atoms with van der Waals surface area (Å²) in [6.07, 6.45) is 8.13. The zero-order valence-electron chi connectivity index (χ0n) is 20.1. The Morgan fingerprint density at radius 3 is 2.49 bits per heavy atom. The number of anilines is 1.